The van der Waals surface area contributed by atoms with Gasteiger partial charge in [0, 0.05) is 24.5 Å². The molecule has 12 heteroatoms. The van der Waals surface area contributed by atoms with Crippen LogP contribution in [0, 0.1) is 0 Å². The number of sulfonamides is 1. The number of hydrogen-bond donors (Lipinski definition) is 2. The number of nitrogens with two attached hydrogens (primary N) is 1. The monoisotopic (exact) mass is 549 g/mol. The highest BCUT2D eigenvalue weighted by molar-refractivity contribution is 7.99. The van der Waals surface area contributed by atoms with Crippen molar-refractivity contribution < 1.29 is 18.0 Å². The SMILES string of the molecule is CCN(CC)S(=O)(=O)c1ccc2c(c1)nc(SCC(=O)Nc1sc3c(c1C(N)=O)CCCC3)n2CC. The van der Waals surface area contributed by atoms with E-state index < -0.39 is 15.9 Å². The Morgan fingerprint density at radius 1 is 1.19 bits per heavy atom. The molecule has 0 radical (unpaired) electrons. The molecule has 2 aromatic heterocycles. The van der Waals surface area contributed by atoms with Crippen molar-refractivity contribution in [3.05, 3.63) is 34.2 Å². The van der Waals surface area contributed by atoms with Gasteiger partial charge in [-0.2, -0.15) is 4.31 Å². The number of benzene rings is 1. The number of nitrogens with one attached hydrogen (secondary N) is 1. The van der Waals surface area contributed by atoms with Crippen LogP contribution >= 0.6 is 23.1 Å². The Balaban J connectivity index is 1.54. The van der Waals surface area contributed by atoms with Crippen molar-refractivity contribution in [1.82, 2.24) is 13.9 Å². The minimum Gasteiger partial charge on any atom is -0.365 e. The van der Waals surface area contributed by atoms with Crippen LogP contribution in [-0.4, -0.2) is 52.9 Å². The number of thioether (sulfide) groups is 1. The largest absolute Gasteiger partial charge is 0.365 e. The normalized spacial score (nSPS) is 13.8. The van der Waals surface area contributed by atoms with Crippen LogP contribution in [0.2, 0.25) is 0 Å². The molecule has 3 aromatic rings. The number of primary amides is 1. The van der Waals surface area contributed by atoms with E-state index >= 15 is 0 Å². The highest BCUT2D eigenvalue weighted by Gasteiger charge is 2.26. The average molecular weight is 550 g/mol. The molecule has 1 aliphatic rings. The molecule has 0 bridgehead atoms. The second kappa shape index (κ2) is 10.9. The van der Waals surface area contributed by atoms with Gasteiger partial charge in [-0.1, -0.05) is 25.6 Å². The first-order chi connectivity index (χ1) is 17.2. The number of imidazole rings is 1. The summed E-state index contributed by atoms with van der Waals surface area (Å²) in [6.07, 6.45) is 3.79. The molecule has 194 valence electrons. The summed E-state index contributed by atoms with van der Waals surface area (Å²) in [6.45, 7) is 6.99. The fourth-order valence-electron chi connectivity index (χ4n) is 4.58. The molecule has 3 N–H and O–H groups in total. The van der Waals surface area contributed by atoms with E-state index in [0.29, 0.717) is 40.9 Å². The Labute approximate surface area is 219 Å². The van der Waals surface area contributed by atoms with Crippen molar-refractivity contribution >= 4 is 61.0 Å². The molecule has 0 atom stereocenters. The lowest BCUT2D eigenvalue weighted by atomic mass is 9.95. The quantitative estimate of drug-likeness (QED) is 0.370. The van der Waals surface area contributed by atoms with E-state index in [2.05, 4.69) is 10.3 Å². The number of fused-ring (bicyclic) bond motifs is 2. The fourth-order valence-corrected chi connectivity index (χ4v) is 8.25. The van der Waals surface area contributed by atoms with Gasteiger partial charge in [-0.3, -0.25) is 9.59 Å². The van der Waals surface area contributed by atoms with Crippen LogP contribution in [0.1, 0.15) is 54.4 Å². The first kappa shape index (κ1) is 26.6. The van der Waals surface area contributed by atoms with Gasteiger partial charge < -0.3 is 15.6 Å². The standard InChI is InChI=1S/C24H31N5O4S3/c1-4-28(5-2)36(32,33)15-11-12-18-17(13-15)26-24(29(18)6-3)34-14-20(30)27-23-21(22(25)31)16-9-7-8-10-19(16)35-23/h11-13H,4-10,14H2,1-3H3,(H2,25,31)(H,27,30). The average Bonchev–Trinajstić information content (AvgIpc) is 3.39. The third-order valence-electron chi connectivity index (χ3n) is 6.35. The molecular weight excluding hydrogens is 518 g/mol. The zero-order chi connectivity index (χ0) is 26.0. The molecule has 0 saturated heterocycles. The zero-order valence-electron chi connectivity index (χ0n) is 20.7. The van der Waals surface area contributed by atoms with Crippen LogP contribution in [0.4, 0.5) is 5.00 Å². The van der Waals surface area contributed by atoms with Gasteiger partial charge in [0.2, 0.25) is 15.9 Å². The number of thiophene rings is 1. The number of carbonyl (C=O) groups is 2. The van der Waals surface area contributed by atoms with E-state index in [1.54, 1.807) is 18.2 Å². The van der Waals surface area contributed by atoms with Crippen LogP contribution in [0.25, 0.3) is 11.0 Å². The van der Waals surface area contributed by atoms with Crippen molar-refractivity contribution in [2.24, 2.45) is 5.73 Å². The maximum atomic E-state index is 12.9. The minimum absolute atomic E-state index is 0.0920. The predicted molar refractivity (Wildman–Crippen MR) is 144 cm³/mol. The van der Waals surface area contributed by atoms with Crippen LogP contribution in [0.5, 0.6) is 0 Å². The molecule has 0 aliphatic heterocycles. The third-order valence-corrected chi connectivity index (χ3v) is 10.6. The molecule has 4 rings (SSSR count). The number of amides is 2. The van der Waals surface area contributed by atoms with E-state index in [4.69, 9.17) is 5.73 Å². The summed E-state index contributed by atoms with van der Waals surface area (Å²) < 4.78 is 29.2. The van der Waals surface area contributed by atoms with Gasteiger partial charge in [0.25, 0.3) is 5.91 Å². The molecule has 2 amide bonds. The highest BCUT2D eigenvalue weighted by Crippen LogP contribution is 2.38. The van der Waals surface area contributed by atoms with Crippen LogP contribution < -0.4 is 11.1 Å². The first-order valence-corrected chi connectivity index (χ1v) is 15.3. The van der Waals surface area contributed by atoms with Gasteiger partial charge in [0.05, 0.1) is 27.2 Å². The summed E-state index contributed by atoms with van der Waals surface area (Å²) in [6, 6.07) is 4.96. The van der Waals surface area contributed by atoms with Gasteiger partial charge in [-0.25, -0.2) is 13.4 Å². The summed E-state index contributed by atoms with van der Waals surface area (Å²) in [5.41, 5.74) is 8.42. The van der Waals surface area contributed by atoms with E-state index in [1.807, 2.05) is 25.3 Å². The molecule has 0 saturated carbocycles. The van der Waals surface area contributed by atoms with Gasteiger partial charge in [-0.15, -0.1) is 11.3 Å². The molecule has 0 fully saturated rings. The number of carbonyl (C=O) groups excluding carboxylic acids is 2. The lowest BCUT2D eigenvalue weighted by molar-refractivity contribution is -0.113. The number of anilines is 1. The van der Waals surface area contributed by atoms with Gasteiger partial charge in [0.15, 0.2) is 5.16 Å². The van der Waals surface area contributed by atoms with Crippen molar-refractivity contribution in [3.63, 3.8) is 0 Å². The molecule has 0 unspecified atom stereocenters. The maximum Gasteiger partial charge on any atom is 0.251 e. The Morgan fingerprint density at radius 2 is 1.92 bits per heavy atom. The maximum absolute atomic E-state index is 12.9. The Bertz CT molecular complexity index is 1410. The Kier molecular flexibility index (Phi) is 8.08. The first-order valence-electron chi connectivity index (χ1n) is 12.1. The van der Waals surface area contributed by atoms with Crippen LogP contribution in [-0.2, 0) is 34.2 Å². The second-order valence-electron chi connectivity index (χ2n) is 8.49. The number of nitrogens with zero attached hydrogens (tertiary/aromatic N) is 3. The van der Waals surface area contributed by atoms with E-state index in [1.165, 1.54) is 27.4 Å². The van der Waals surface area contributed by atoms with Crippen molar-refractivity contribution in [1.29, 1.82) is 0 Å². The highest BCUT2D eigenvalue weighted by atomic mass is 32.2. The molecule has 1 aromatic carbocycles. The Hall–Kier alpha value is -2.41. The topological polar surface area (TPSA) is 127 Å². The number of hydrogen-bond acceptors (Lipinski definition) is 7. The van der Waals surface area contributed by atoms with Crippen molar-refractivity contribution in [3.8, 4) is 0 Å². The lowest BCUT2D eigenvalue weighted by Gasteiger charge is -2.18. The molecule has 0 spiro atoms. The zero-order valence-corrected chi connectivity index (χ0v) is 23.1. The third kappa shape index (κ3) is 5.04. The number of aryl methyl sites for hydroxylation is 2. The van der Waals surface area contributed by atoms with Gasteiger partial charge >= 0.3 is 0 Å². The summed E-state index contributed by atoms with van der Waals surface area (Å²) in [7, 11) is -3.60. The van der Waals surface area contributed by atoms with Gasteiger partial charge in [0.1, 0.15) is 5.00 Å². The predicted octanol–water partition coefficient (Wildman–Crippen LogP) is 3.86. The van der Waals surface area contributed by atoms with Crippen LogP contribution in [0.3, 0.4) is 0 Å². The van der Waals surface area contributed by atoms with Gasteiger partial charge in [-0.05, 0) is 56.4 Å². The van der Waals surface area contributed by atoms with E-state index in [-0.39, 0.29) is 16.6 Å². The lowest BCUT2D eigenvalue weighted by Crippen LogP contribution is -2.30. The summed E-state index contributed by atoms with van der Waals surface area (Å²) >= 11 is 2.71. The second-order valence-corrected chi connectivity index (χ2v) is 12.5. The smallest absolute Gasteiger partial charge is 0.251 e. The minimum atomic E-state index is -3.60. The fraction of sp³-hybridized carbons (Fsp3) is 0.458. The molecular formula is C24H31N5O4S3. The molecule has 1 aliphatic carbocycles. The summed E-state index contributed by atoms with van der Waals surface area (Å²) in [5.74, 6) is -0.671. The van der Waals surface area contributed by atoms with E-state index in [9.17, 15) is 18.0 Å². The van der Waals surface area contributed by atoms with Crippen LogP contribution in [0.15, 0.2) is 28.3 Å². The summed E-state index contributed by atoms with van der Waals surface area (Å²) in [5, 5.41) is 4.03. The van der Waals surface area contributed by atoms with Crippen molar-refractivity contribution in [2.45, 2.75) is 63.1 Å². The van der Waals surface area contributed by atoms with Crippen molar-refractivity contribution in [2.75, 3.05) is 24.2 Å². The molecule has 2 heterocycles. The number of rotatable bonds is 10. The molecule has 9 nitrogen and oxygen atoms in total. The van der Waals surface area contributed by atoms with E-state index in [0.717, 1.165) is 41.6 Å². The Morgan fingerprint density at radius 3 is 2.58 bits per heavy atom. The summed E-state index contributed by atoms with van der Waals surface area (Å²) in [4.78, 5) is 30.9. The molecule has 36 heavy (non-hydrogen) atoms. The number of aromatic nitrogens is 2.